The number of hydrogen-bond donors (Lipinski definition) is 2. The van der Waals surface area contributed by atoms with E-state index in [1.54, 1.807) is 0 Å². The minimum atomic E-state index is -0.200. The summed E-state index contributed by atoms with van der Waals surface area (Å²) >= 11 is 0. The molecule has 152 valence electrons. The fourth-order valence-corrected chi connectivity index (χ4v) is 4.21. The van der Waals surface area contributed by atoms with E-state index in [0.717, 1.165) is 51.3 Å². The topological polar surface area (TPSA) is 73.0 Å². The Morgan fingerprint density at radius 3 is 2.68 bits per heavy atom. The molecule has 3 heterocycles. The molecular weight excluding hydrogens is 354 g/mol. The number of nitrogens with one attached hydrogen (secondary N) is 2. The number of rotatable bonds is 4. The number of H-pyrrole nitrogens is 1. The number of hydrazone groups is 1. The third-order valence-corrected chi connectivity index (χ3v) is 5.79. The van der Waals surface area contributed by atoms with Crippen LogP contribution in [0.25, 0.3) is 6.08 Å². The van der Waals surface area contributed by atoms with Gasteiger partial charge in [0.1, 0.15) is 5.57 Å². The number of likely N-dealkylation sites (N-methyl/N-ethyl adjacent to an activating group) is 1. The Hall–Kier alpha value is -2.12. The monoisotopic (exact) mass is 385 g/mol. The number of aromatic amines is 1. The molecule has 0 unspecified atom stereocenters. The maximum absolute atomic E-state index is 12.3. The summed E-state index contributed by atoms with van der Waals surface area (Å²) < 4.78 is 5.74. The number of ether oxygens (including phenoxy) is 1. The smallest absolute Gasteiger partial charge is 0.277 e. The number of aromatic nitrogens is 1. The fourth-order valence-electron chi connectivity index (χ4n) is 4.21. The number of fused-ring (bicyclic) bond motifs is 1. The predicted octanol–water partition coefficient (Wildman–Crippen LogP) is 1.89. The van der Waals surface area contributed by atoms with Gasteiger partial charge in [0.05, 0.1) is 6.10 Å². The van der Waals surface area contributed by atoms with Crippen LogP contribution in [-0.4, -0.2) is 65.9 Å². The minimum Gasteiger partial charge on any atom is -0.473 e. The van der Waals surface area contributed by atoms with Crippen molar-refractivity contribution in [1.29, 1.82) is 0 Å². The molecule has 1 amide bonds. The van der Waals surface area contributed by atoms with Crippen LogP contribution in [0.15, 0.2) is 10.7 Å². The lowest BCUT2D eigenvalue weighted by atomic mass is 9.94. The van der Waals surface area contributed by atoms with E-state index in [9.17, 15) is 4.79 Å². The van der Waals surface area contributed by atoms with Gasteiger partial charge >= 0.3 is 0 Å². The highest BCUT2D eigenvalue weighted by molar-refractivity contribution is 6.24. The van der Waals surface area contributed by atoms with Gasteiger partial charge in [0.25, 0.3) is 5.91 Å². The molecule has 28 heavy (non-hydrogen) atoms. The van der Waals surface area contributed by atoms with E-state index >= 15 is 0 Å². The summed E-state index contributed by atoms with van der Waals surface area (Å²) in [6.07, 6.45) is 6.57. The first-order valence-electron chi connectivity index (χ1n) is 10.4. The van der Waals surface area contributed by atoms with Gasteiger partial charge in [-0.1, -0.05) is 0 Å². The second kappa shape index (κ2) is 8.09. The maximum Gasteiger partial charge on any atom is 0.277 e. The van der Waals surface area contributed by atoms with Crippen molar-refractivity contribution < 1.29 is 9.53 Å². The first-order chi connectivity index (χ1) is 13.5. The van der Waals surface area contributed by atoms with Gasteiger partial charge < -0.3 is 14.6 Å². The number of amides is 1. The van der Waals surface area contributed by atoms with Crippen LogP contribution >= 0.6 is 0 Å². The Bertz CT molecular complexity index is 800. The fraction of sp³-hybridized carbons (Fsp3) is 0.619. The van der Waals surface area contributed by atoms with Gasteiger partial charge in [-0.25, -0.2) is 5.43 Å². The van der Waals surface area contributed by atoms with Crippen LogP contribution in [0, 0.1) is 0 Å². The zero-order valence-electron chi connectivity index (χ0n) is 17.2. The first-order valence-corrected chi connectivity index (χ1v) is 10.4. The average molecular weight is 386 g/mol. The lowest BCUT2D eigenvalue weighted by molar-refractivity contribution is -0.116. The number of carbonyl (C=O) groups is 1. The van der Waals surface area contributed by atoms with Crippen LogP contribution in [0.3, 0.4) is 0 Å². The molecule has 2 N–H and O–H groups in total. The van der Waals surface area contributed by atoms with Gasteiger partial charge in [-0.15, -0.1) is 5.10 Å². The second-order valence-corrected chi connectivity index (χ2v) is 8.34. The molecule has 4 rings (SSSR count). The Balaban J connectivity index is 1.65. The second-order valence-electron chi connectivity index (χ2n) is 8.34. The van der Waals surface area contributed by atoms with E-state index < -0.39 is 0 Å². The highest BCUT2D eigenvalue weighted by Crippen LogP contribution is 2.30. The van der Waals surface area contributed by atoms with Crippen molar-refractivity contribution in [1.82, 2.24) is 20.2 Å². The van der Waals surface area contributed by atoms with Crippen molar-refractivity contribution in [3.05, 3.63) is 28.1 Å². The maximum atomic E-state index is 12.3. The Morgan fingerprint density at radius 1 is 1.18 bits per heavy atom. The van der Waals surface area contributed by atoms with Crippen molar-refractivity contribution in [3.8, 4) is 0 Å². The van der Waals surface area contributed by atoms with Crippen molar-refractivity contribution >= 4 is 17.9 Å². The third-order valence-electron chi connectivity index (χ3n) is 5.79. The van der Waals surface area contributed by atoms with E-state index in [1.807, 2.05) is 19.9 Å². The number of piperazine rings is 1. The summed E-state index contributed by atoms with van der Waals surface area (Å²) in [5.41, 5.74) is 8.22. The van der Waals surface area contributed by atoms with Crippen molar-refractivity contribution in [2.24, 2.45) is 5.10 Å². The molecule has 0 atom stereocenters. The summed E-state index contributed by atoms with van der Waals surface area (Å²) in [6.45, 7) is 9.17. The van der Waals surface area contributed by atoms with Gasteiger partial charge in [0.15, 0.2) is 0 Å². The van der Waals surface area contributed by atoms with Gasteiger partial charge in [-0.3, -0.25) is 9.69 Å². The summed E-state index contributed by atoms with van der Waals surface area (Å²) in [6, 6.07) is 0. The standard InChI is InChI=1S/C21H31N5O2/c1-14(2)28-21-16(20(27)23-24-21)12-19-17(13-26-10-8-25(3)9-11-26)15-6-4-5-7-18(15)22-19/h12,14,22H,4-11,13H2,1-3H3,(H,23,27). The van der Waals surface area contributed by atoms with E-state index in [0.29, 0.717) is 11.5 Å². The normalized spacial score (nSPS) is 22.5. The van der Waals surface area contributed by atoms with Crippen molar-refractivity contribution in [2.45, 2.75) is 52.2 Å². The van der Waals surface area contributed by atoms with Gasteiger partial charge in [-0.2, -0.15) is 0 Å². The largest absolute Gasteiger partial charge is 0.473 e. The number of carbonyl (C=O) groups excluding carboxylic acids is 1. The molecule has 0 saturated carbocycles. The molecular formula is C21H31N5O2. The third kappa shape index (κ3) is 4.00. The molecule has 7 nitrogen and oxygen atoms in total. The highest BCUT2D eigenvalue weighted by atomic mass is 16.5. The first kappa shape index (κ1) is 19.2. The summed E-state index contributed by atoms with van der Waals surface area (Å²) in [5, 5.41) is 4.07. The SMILES string of the molecule is CC(C)OC1=NNC(=O)C1=Cc1[nH]c2c(c1CN1CCN(C)CC1)CCCC2. The molecule has 1 fully saturated rings. The van der Waals surface area contributed by atoms with Gasteiger partial charge in [-0.05, 0) is 63.8 Å². The lowest BCUT2D eigenvalue weighted by Gasteiger charge is -2.32. The molecule has 0 aromatic carbocycles. The molecule has 7 heteroatoms. The summed E-state index contributed by atoms with van der Waals surface area (Å²) in [7, 11) is 2.18. The van der Waals surface area contributed by atoms with E-state index in [1.165, 1.54) is 29.7 Å². The average Bonchev–Trinajstić information content (AvgIpc) is 3.18. The molecule has 2 aliphatic heterocycles. The number of hydrogen-bond acceptors (Lipinski definition) is 5. The van der Waals surface area contributed by atoms with Crippen LogP contribution in [0.2, 0.25) is 0 Å². The van der Waals surface area contributed by atoms with E-state index in [4.69, 9.17) is 4.74 Å². The Morgan fingerprint density at radius 2 is 1.93 bits per heavy atom. The zero-order valence-corrected chi connectivity index (χ0v) is 17.2. The molecule has 1 aromatic rings. The highest BCUT2D eigenvalue weighted by Gasteiger charge is 2.28. The molecule has 0 radical (unpaired) electrons. The quantitative estimate of drug-likeness (QED) is 0.777. The van der Waals surface area contributed by atoms with Crippen molar-refractivity contribution in [3.63, 3.8) is 0 Å². The Kier molecular flexibility index (Phi) is 5.55. The summed E-state index contributed by atoms with van der Waals surface area (Å²) in [5.74, 6) is 0.187. The van der Waals surface area contributed by atoms with Crippen LogP contribution in [0.4, 0.5) is 0 Å². The Labute approximate surface area is 166 Å². The molecule has 0 bridgehead atoms. The van der Waals surface area contributed by atoms with Crippen LogP contribution < -0.4 is 5.43 Å². The van der Waals surface area contributed by atoms with Crippen LogP contribution in [0.5, 0.6) is 0 Å². The van der Waals surface area contributed by atoms with Crippen molar-refractivity contribution in [2.75, 3.05) is 33.2 Å². The molecule has 3 aliphatic rings. The zero-order chi connectivity index (χ0) is 19.7. The minimum absolute atomic E-state index is 0.0310. The molecule has 1 aromatic heterocycles. The van der Waals surface area contributed by atoms with E-state index in [2.05, 4.69) is 32.4 Å². The molecule has 1 saturated heterocycles. The molecule has 0 spiro atoms. The number of nitrogens with zero attached hydrogens (tertiary/aromatic N) is 3. The van der Waals surface area contributed by atoms with Crippen LogP contribution in [0.1, 0.15) is 49.2 Å². The molecule has 1 aliphatic carbocycles. The number of aryl methyl sites for hydroxylation is 1. The van der Waals surface area contributed by atoms with Crippen LogP contribution in [-0.2, 0) is 28.9 Å². The van der Waals surface area contributed by atoms with E-state index in [-0.39, 0.29) is 12.0 Å². The lowest BCUT2D eigenvalue weighted by Crippen LogP contribution is -2.44. The van der Waals surface area contributed by atoms with Gasteiger partial charge in [0, 0.05) is 44.1 Å². The van der Waals surface area contributed by atoms with Gasteiger partial charge in [0.2, 0.25) is 5.90 Å². The summed E-state index contributed by atoms with van der Waals surface area (Å²) in [4.78, 5) is 20.9. The predicted molar refractivity (Wildman–Crippen MR) is 110 cm³/mol.